The molecule has 0 aliphatic rings. The van der Waals surface area contributed by atoms with Gasteiger partial charge in [0.05, 0.1) is 19.8 Å². The molecule has 0 fully saturated rings. The van der Waals surface area contributed by atoms with Crippen molar-refractivity contribution < 1.29 is 23.9 Å². The minimum absolute atomic E-state index is 0.0173. The Labute approximate surface area is 157 Å². The van der Waals surface area contributed by atoms with Gasteiger partial charge in [0.1, 0.15) is 12.4 Å². The Hall–Kier alpha value is -1.47. The summed E-state index contributed by atoms with van der Waals surface area (Å²) >= 11 is 0. The first-order chi connectivity index (χ1) is 12.4. The first kappa shape index (κ1) is 24.5. The van der Waals surface area contributed by atoms with E-state index in [9.17, 15) is 14.4 Å². The van der Waals surface area contributed by atoms with E-state index in [-0.39, 0.29) is 24.2 Å². The van der Waals surface area contributed by atoms with Crippen molar-refractivity contribution in [1.29, 1.82) is 0 Å². The molecule has 0 saturated heterocycles. The van der Waals surface area contributed by atoms with E-state index in [0.29, 0.717) is 58.1 Å². The molecule has 0 heterocycles. The van der Waals surface area contributed by atoms with E-state index in [1.165, 1.54) is 6.92 Å². The van der Waals surface area contributed by atoms with Gasteiger partial charge < -0.3 is 24.9 Å². The van der Waals surface area contributed by atoms with Gasteiger partial charge in [0.15, 0.2) is 0 Å². The fourth-order valence-electron chi connectivity index (χ4n) is 2.19. The van der Waals surface area contributed by atoms with Gasteiger partial charge in [0, 0.05) is 25.9 Å². The topological polar surface area (TPSA) is 93.7 Å². The Morgan fingerprint density at radius 3 is 2.19 bits per heavy atom. The lowest BCUT2D eigenvalue weighted by molar-refractivity contribution is -0.126. The number of ketones is 1. The van der Waals surface area contributed by atoms with E-state index in [4.69, 9.17) is 9.47 Å². The number of rotatable bonds is 17. The van der Waals surface area contributed by atoms with Gasteiger partial charge in [-0.2, -0.15) is 0 Å². The number of nitrogens with one attached hydrogen (secondary N) is 2. The number of hydrogen-bond acceptors (Lipinski definition) is 5. The smallest absolute Gasteiger partial charge is 0.245 e. The molecule has 26 heavy (non-hydrogen) atoms. The van der Waals surface area contributed by atoms with Gasteiger partial charge in [-0.3, -0.25) is 9.59 Å². The summed E-state index contributed by atoms with van der Waals surface area (Å²) in [5.74, 6) is 0.676. The number of hydrogen-bond donors (Lipinski definition) is 2. The molecular weight excluding hydrogens is 336 g/mol. The van der Waals surface area contributed by atoms with Gasteiger partial charge in [-0.1, -0.05) is 26.7 Å². The van der Waals surface area contributed by atoms with Crippen LogP contribution in [0.4, 0.5) is 0 Å². The minimum atomic E-state index is -0.196. The predicted molar refractivity (Wildman–Crippen MR) is 101 cm³/mol. The number of Topliss-reactive ketones (excluding diaryl/α,β-unsaturated/α-hetero) is 1. The minimum Gasteiger partial charge on any atom is -0.377 e. The van der Waals surface area contributed by atoms with Crippen LogP contribution in [0.1, 0.15) is 59.3 Å². The Kier molecular flexibility index (Phi) is 16.0. The molecule has 0 atom stereocenters. The quantitative estimate of drug-likeness (QED) is 0.380. The molecule has 0 bridgehead atoms. The van der Waals surface area contributed by atoms with Crippen LogP contribution < -0.4 is 10.6 Å². The number of ether oxygens (including phenoxy) is 2. The molecule has 0 radical (unpaired) electrons. The Morgan fingerprint density at radius 2 is 1.50 bits per heavy atom. The molecule has 152 valence electrons. The van der Waals surface area contributed by atoms with E-state index >= 15 is 0 Å². The summed E-state index contributed by atoms with van der Waals surface area (Å²) in [7, 11) is 0. The van der Waals surface area contributed by atoms with Crippen molar-refractivity contribution in [3.05, 3.63) is 0 Å². The average molecular weight is 373 g/mol. The van der Waals surface area contributed by atoms with Crippen molar-refractivity contribution in [3.63, 3.8) is 0 Å². The third-order valence-corrected chi connectivity index (χ3v) is 3.64. The van der Waals surface area contributed by atoms with Crippen LogP contribution in [0.2, 0.25) is 0 Å². The molecule has 7 nitrogen and oxygen atoms in total. The van der Waals surface area contributed by atoms with Gasteiger partial charge in [0.25, 0.3) is 0 Å². The average Bonchev–Trinajstić information content (AvgIpc) is 2.57. The van der Waals surface area contributed by atoms with E-state index < -0.39 is 0 Å². The second kappa shape index (κ2) is 17.0. The van der Waals surface area contributed by atoms with Crippen molar-refractivity contribution in [2.24, 2.45) is 5.92 Å². The number of amides is 2. The van der Waals surface area contributed by atoms with Crippen molar-refractivity contribution in [2.75, 3.05) is 39.5 Å². The third kappa shape index (κ3) is 18.9. The molecule has 7 heteroatoms. The van der Waals surface area contributed by atoms with Gasteiger partial charge >= 0.3 is 0 Å². The Morgan fingerprint density at radius 1 is 0.808 bits per heavy atom. The standard InChI is InChI=1S/C19H36N2O5/c1-16(2)7-4-5-9-18(23)21-11-12-25-13-14-26-15-19(24)20-10-6-8-17(3)22/h16H,4-15H2,1-3H3,(H,20,24)(H,21,23). The van der Waals surface area contributed by atoms with E-state index in [1.807, 2.05) is 0 Å². The maximum atomic E-state index is 11.6. The highest BCUT2D eigenvalue weighted by molar-refractivity contribution is 5.77. The molecule has 0 aromatic heterocycles. The van der Waals surface area contributed by atoms with E-state index in [1.54, 1.807) is 0 Å². The summed E-state index contributed by atoms with van der Waals surface area (Å²) in [6.45, 7) is 7.98. The molecule has 2 N–H and O–H groups in total. The first-order valence-corrected chi connectivity index (χ1v) is 9.60. The second-order valence-corrected chi connectivity index (χ2v) is 6.81. The maximum Gasteiger partial charge on any atom is 0.245 e. The van der Waals surface area contributed by atoms with E-state index in [0.717, 1.165) is 19.3 Å². The summed E-state index contributed by atoms with van der Waals surface area (Å²) < 4.78 is 10.5. The highest BCUT2D eigenvalue weighted by atomic mass is 16.5. The lowest BCUT2D eigenvalue weighted by atomic mass is 10.1. The van der Waals surface area contributed by atoms with Crippen LogP contribution in [0.3, 0.4) is 0 Å². The molecule has 0 saturated carbocycles. The molecule has 0 aromatic carbocycles. The SMILES string of the molecule is CC(=O)CCCNC(=O)COCCOCCNC(=O)CCCCC(C)C. The summed E-state index contributed by atoms with van der Waals surface area (Å²) in [5, 5.41) is 5.51. The molecular formula is C19H36N2O5. The lowest BCUT2D eigenvalue weighted by Gasteiger charge is -2.08. The zero-order chi connectivity index (χ0) is 19.6. The van der Waals surface area contributed by atoms with Crippen molar-refractivity contribution in [2.45, 2.75) is 59.3 Å². The van der Waals surface area contributed by atoms with Gasteiger partial charge in [-0.05, 0) is 25.7 Å². The first-order valence-electron chi connectivity index (χ1n) is 9.60. The Balaban J connectivity index is 3.31. The number of carbonyl (C=O) groups is 3. The van der Waals surface area contributed by atoms with Gasteiger partial charge in [0.2, 0.25) is 11.8 Å². The molecule has 2 amide bonds. The molecule has 0 spiro atoms. The fraction of sp³-hybridized carbons (Fsp3) is 0.842. The molecule has 0 unspecified atom stereocenters. The normalized spacial score (nSPS) is 10.8. The summed E-state index contributed by atoms with van der Waals surface area (Å²) in [6, 6.07) is 0. The number of carbonyl (C=O) groups excluding carboxylic acids is 3. The van der Waals surface area contributed by atoms with Crippen molar-refractivity contribution in [3.8, 4) is 0 Å². The number of unbranched alkanes of at least 4 members (excludes halogenated alkanes) is 1. The summed E-state index contributed by atoms with van der Waals surface area (Å²) in [6.07, 6.45) is 4.86. The highest BCUT2D eigenvalue weighted by Crippen LogP contribution is 2.07. The van der Waals surface area contributed by atoms with Gasteiger partial charge in [-0.25, -0.2) is 0 Å². The van der Waals surface area contributed by atoms with Crippen LogP contribution >= 0.6 is 0 Å². The summed E-state index contributed by atoms with van der Waals surface area (Å²) in [5.41, 5.74) is 0. The molecule has 0 aliphatic heterocycles. The van der Waals surface area contributed by atoms with Crippen LogP contribution in [0.15, 0.2) is 0 Å². The second-order valence-electron chi connectivity index (χ2n) is 6.81. The lowest BCUT2D eigenvalue weighted by Crippen LogP contribution is -2.29. The van der Waals surface area contributed by atoms with Crippen LogP contribution in [-0.4, -0.2) is 57.1 Å². The van der Waals surface area contributed by atoms with Crippen molar-refractivity contribution in [1.82, 2.24) is 10.6 Å². The monoisotopic (exact) mass is 372 g/mol. The molecule has 0 rings (SSSR count). The summed E-state index contributed by atoms with van der Waals surface area (Å²) in [4.78, 5) is 33.8. The van der Waals surface area contributed by atoms with Crippen LogP contribution in [0.25, 0.3) is 0 Å². The van der Waals surface area contributed by atoms with Crippen LogP contribution in [0.5, 0.6) is 0 Å². The van der Waals surface area contributed by atoms with Crippen LogP contribution in [0, 0.1) is 5.92 Å². The largest absolute Gasteiger partial charge is 0.377 e. The highest BCUT2D eigenvalue weighted by Gasteiger charge is 2.03. The third-order valence-electron chi connectivity index (χ3n) is 3.64. The van der Waals surface area contributed by atoms with Gasteiger partial charge in [-0.15, -0.1) is 0 Å². The fourth-order valence-corrected chi connectivity index (χ4v) is 2.19. The predicted octanol–water partition coefficient (Wildman–Crippen LogP) is 1.84. The van der Waals surface area contributed by atoms with Crippen LogP contribution in [-0.2, 0) is 23.9 Å². The molecule has 0 aromatic rings. The zero-order valence-corrected chi connectivity index (χ0v) is 16.6. The Bertz CT molecular complexity index is 399. The molecule has 0 aliphatic carbocycles. The maximum absolute atomic E-state index is 11.6. The zero-order valence-electron chi connectivity index (χ0n) is 16.6. The van der Waals surface area contributed by atoms with Crippen molar-refractivity contribution >= 4 is 17.6 Å². The van der Waals surface area contributed by atoms with E-state index in [2.05, 4.69) is 24.5 Å².